The fourth-order valence-electron chi connectivity index (χ4n) is 3.02. The first-order valence-corrected chi connectivity index (χ1v) is 9.27. The fraction of sp³-hybridized carbons (Fsp3) is 0.0455. The molecule has 1 aliphatic heterocycles. The highest BCUT2D eigenvalue weighted by Crippen LogP contribution is 2.30. The summed E-state index contributed by atoms with van der Waals surface area (Å²) in [5, 5.41) is 2.90. The van der Waals surface area contributed by atoms with Crippen LogP contribution in [-0.2, 0) is 11.2 Å². The Hall–Kier alpha value is -3.05. The molecule has 0 unspecified atom stereocenters. The number of para-hydroxylation sites is 1. The first kappa shape index (κ1) is 17.4. The van der Waals surface area contributed by atoms with Gasteiger partial charge in [-0.3, -0.25) is 9.59 Å². The topological polar surface area (TPSA) is 58.5 Å². The van der Waals surface area contributed by atoms with Crippen molar-refractivity contribution in [3.8, 4) is 0 Å². The lowest BCUT2D eigenvalue weighted by atomic mass is 9.95. The lowest BCUT2D eigenvalue weighted by Crippen LogP contribution is -2.23. The third-order valence-corrected chi connectivity index (χ3v) is 4.85. The number of hydrogen-bond acceptors (Lipinski definition) is 3. The summed E-state index contributed by atoms with van der Waals surface area (Å²) in [7, 11) is 0. The monoisotopic (exact) mass is 418 g/mol. The van der Waals surface area contributed by atoms with Crippen LogP contribution >= 0.6 is 15.9 Å². The first-order valence-electron chi connectivity index (χ1n) is 8.48. The first-order chi connectivity index (χ1) is 13.1. The standard InChI is InChI=1S/C22H15BrN2O2/c23-16-10-11-19(25-22(27)14-6-2-1-3-7-14)17(13-16)21-20(26)12-15-8-4-5-9-18(15)24-21/h1-11,13H,12H2,(H,25,27). The van der Waals surface area contributed by atoms with Gasteiger partial charge in [-0.05, 0) is 42.0 Å². The van der Waals surface area contributed by atoms with E-state index in [2.05, 4.69) is 26.2 Å². The van der Waals surface area contributed by atoms with E-state index >= 15 is 0 Å². The van der Waals surface area contributed by atoms with Crippen LogP contribution in [0.1, 0.15) is 21.5 Å². The van der Waals surface area contributed by atoms with E-state index in [1.165, 1.54) is 0 Å². The largest absolute Gasteiger partial charge is 0.321 e. The third-order valence-electron chi connectivity index (χ3n) is 4.36. The van der Waals surface area contributed by atoms with E-state index in [-0.39, 0.29) is 11.7 Å². The van der Waals surface area contributed by atoms with Gasteiger partial charge in [0.1, 0.15) is 5.71 Å². The molecule has 0 radical (unpaired) electrons. The van der Waals surface area contributed by atoms with E-state index in [0.717, 1.165) is 15.7 Å². The number of hydrogen-bond donors (Lipinski definition) is 1. The number of rotatable bonds is 3. The van der Waals surface area contributed by atoms with Crippen LogP contribution < -0.4 is 5.32 Å². The Morgan fingerprint density at radius 1 is 0.963 bits per heavy atom. The molecular weight excluding hydrogens is 404 g/mol. The maximum atomic E-state index is 12.7. The molecule has 0 atom stereocenters. The minimum absolute atomic E-state index is 0.0676. The Labute approximate surface area is 165 Å². The molecule has 4 rings (SSSR count). The van der Waals surface area contributed by atoms with Gasteiger partial charge in [-0.2, -0.15) is 0 Å². The van der Waals surface area contributed by atoms with Crippen molar-refractivity contribution in [3.05, 3.63) is 94.0 Å². The summed E-state index contributed by atoms with van der Waals surface area (Å²) in [6.45, 7) is 0. The van der Waals surface area contributed by atoms with E-state index in [9.17, 15) is 9.59 Å². The fourth-order valence-corrected chi connectivity index (χ4v) is 3.39. The minimum Gasteiger partial charge on any atom is -0.321 e. The average molecular weight is 419 g/mol. The Morgan fingerprint density at radius 3 is 2.52 bits per heavy atom. The number of benzene rings is 3. The van der Waals surface area contributed by atoms with Crippen LogP contribution in [0.3, 0.4) is 0 Å². The Morgan fingerprint density at radius 2 is 1.70 bits per heavy atom. The second-order valence-electron chi connectivity index (χ2n) is 6.20. The van der Waals surface area contributed by atoms with Crippen molar-refractivity contribution in [2.24, 2.45) is 4.99 Å². The smallest absolute Gasteiger partial charge is 0.255 e. The van der Waals surface area contributed by atoms with Crippen molar-refractivity contribution < 1.29 is 9.59 Å². The van der Waals surface area contributed by atoms with Gasteiger partial charge < -0.3 is 5.32 Å². The maximum absolute atomic E-state index is 12.7. The maximum Gasteiger partial charge on any atom is 0.255 e. The quantitative estimate of drug-likeness (QED) is 0.653. The Balaban J connectivity index is 1.75. The number of halogens is 1. The molecule has 1 heterocycles. The van der Waals surface area contributed by atoms with Gasteiger partial charge in [0.05, 0.1) is 11.4 Å². The Kier molecular flexibility index (Phi) is 4.69. The number of Topliss-reactive ketones (excluding diaryl/α,β-unsaturated/α-hetero) is 1. The molecule has 27 heavy (non-hydrogen) atoms. The molecule has 1 N–H and O–H groups in total. The number of aliphatic imine (C=N–C) groups is 1. The lowest BCUT2D eigenvalue weighted by Gasteiger charge is -2.17. The van der Waals surface area contributed by atoms with Crippen molar-refractivity contribution in [3.63, 3.8) is 0 Å². The van der Waals surface area contributed by atoms with Crippen molar-refractivity contribution >= 4 is 44.7 Å². The number of ketones is 1. The van der Waals surface area contributed by atoms with Crippen LogP contribution in [0.15, 0.2) is 82.3 Å². The molecule has 0 saturated carbocycles. The lowest BCUT2D eigenvalue weighted by molar-refractivity contribution is -0.112. The zero-order chi connectivity index (χ0) is 18.8. The van der Waals surface area contributed by atoms with Crippen LogP contribution in [0.4, 0.5) is 11.4 Å². The van der Waals surface area contributed by atoms with Crippen LogP contribution in [0.2, 0.25) is 0 Å². The third kappa shape index (κ3) is 3.59. The van der Waals surface area contributed by atoms with E-state index in [0.29, 0.717) is 28.9 Å². The van der Waals surface area contributed by atoms with Gasteiger partial charge >= 0.3 is 0 Å². The van der Waals surface area contributed by atoms with Gasteiger partial charge in [0.2, 0.25) is 0 Å². The number of fused-ring (bicyclic) bond motifs is 1. The second-order valence-corrected chi connectivity index (χ2v) is 7.11. The predicted molar refractivity (Wildman–Crippen MR) is 110 cm³/mol. The normalized spacial score (nSPS) is 12.9. The molecule has 4 nitrogen and oxygen atoms in total. The number of nitrogens with one attached hydrogen (secondary N) is 1. The highest BCUT2D eigenvalue weighted by atomic mass is 79.9. The number of anilines is 1. The van der Waals surface area contributed by atoms with Crippen molar-refractivity contribution in [2.75, 3.05) is 5.32 Å². The van der Waals surface area contributed by atoms with Gasteiger partial charge in [-0.1, -0.05) is 52.3 Å². The molecule has 0 fully saturated rings. The highest BCUT2D eigenvalue weighted by Gasteiger charge is 2.24. The van der Waals surface area contributed by atoms with Crippen LogP contribution in [-0.4, -0.2) is 17.4 Å². The van der Waals surface area contributed by atoms with Gasteiger partial charge in [-0.25, -0.2) is 4.99 Å². The molecule has 3 aromatic rings. The number of carbonyl (C=O) groups is 2. The van der Waals surface area contributed by atoms with Crippen molar-refractivity contribution in [1.29, 1.82) is 0 Å². The number of nitrogens with zero attached hydrogens (tertiary/aromatic N) is 1. The van der Waals surface area contributed by atoms with Crippen molar-refractivity contribution in [2.45, 2.75) is 6.42 Å². The molecule has 0 aliphatic carbocycles. The van der Waals surface area contributed by atoms with Crippen LogP contribution in [0.5, 0.6) is 0 Å². The summed E-state index contributed by atoms with van der Waals surface area (Å²) in [6.07, 6.45) is 0.299. The van der Waals surface area contributed by atoms with Gasteiger partial charge in [0, 0.05) is 22.0 Å². The zero-order valence-corrected chi connectivity index (χ0v) is 15.9. The number of amides is 1. The molecular formula is C22H15BrN2O2. The molecule has 3 aromatic carbocycles. The molecule has 0 aromatic heterocycles. The molecule has 5 heteroatoms. The molecule has 132 valence electrons. The second kappa shape index (κ2) is 7.29. The van der Waals surface area contributed by atoms with Gasteiger partial charge in [0.25, 0.3) is 5.91 Å². The van der Waals surface area contributed by atoms with E-state index in [4.69, 9.17) is 0 Å². The molecule has 0 bridgehead atoms. The van der Waals surface area contributed by atoms with Crippen LogP contribution in [0.25, 0.3) is 0 Å². The summed E-state index contributed by atoms with van der Waals surface area (Å²) in [4.78, 5) is 29.9. The van der Waals surface area contributed by atoms with Crippen LogP contribution in [0, 0.1) is 0 Å². The molecule has 1 aliphatic rings. The zero-order valence-electron chi connectivity index (χ0n) is 14.3. The number of carbonyl (C=O) groups excluding carboxylic acids is 2. The summed E-state index contributed by atoms with van der Waals surface area (Å²) >= 11 is 3.45. The molecule has 0 saturated heterocycles. The SMILES string of the molecule is O=C1Cc2ccccc2N=C1c1cc(Br)ccc1NC(=O)c1ccccc1. The van der Waals surface area contributed by atoms with Crippen molar-refractivity contribution in [1.82, 2.24) is 0 Å². The summed E-state index contributed by atoms with van der Waals surface area (Å²) in [6, 6.07) is 22.0. The van der Waals surface area contributed by atoms with Gasteiger partial charge in [0.15, 0.2) is 5.78 Å². The van der Waals surface area contributed by atoms with E-state index in [1.54, 1.807) is 18.2 Å². The van der Waals surface area contributed by atoms with E-state index in [1.807, 2.05) is 54.6 Å². The Bertz CT molecular complexity index is 1070. The molecule has 1 amide bonds. The highest BCUT2D eigenvalue weighted by molar-refractivity contribution is 9.10. The summed E-state index contributed by atoms with van der Waals surface area (Å²) < 4.78 is 0.810. The average Bonchev–Trinajstić information content (AvgIpc) is 2.69. The van der Waals surface area contributed by atoms with Gasteiger partial charge in [-0.15, -0.1) is 0 Å². The van der Waals surface area contributed by atoms with E-state index < -0.39 is 0 Å². The molecule has 0 spiro atoms. The summed E-state index contributed by atoms with van der Waals surface area (Å²) in [5.74, 6) is -0.301. The minimum atomic E-state index is -0.233. The summed E-state index contributed by atoms with van der Waals surface area (Å²) in [5.41, 5.74) is 3.77. The predicted octanol–water partition coefficient (Wildman–Crippen LogP) is 4.95.